The summed E-state index contributed by atoms with van der Waals surface area (Å²) in [5.74, 6) is -0.0201. The number of rotatable bonds is 2. The van der Waals surface area contributed by atoms with Crippen LogP contribution in [0, 0.1) is 0 Å². The van der Waals surface area contributed by atoms with Crippen molar-refractivity contribution >= 4 is 17.7 Å². The zero-order valence-electron chi connectivity index (χ0n) is 7.91. The molecule has 0 bridgehead atoms. The molecule has 0 radical (unpaired) electrons. The number of benzene rings is 1. The monoisotopic (exact) mass is 206 g/mol. The summed E-state index contributed by atoms with van der Waals surface area (Å²) in [6, 6.07) is 5.42. The lowest BCUT2D eigenvalue weighted by Crippen LogP contribution is -2.19. The molecule has 78 valence electrons. The van der Waals surface area contributed by atoms with Crippen molar-refractivity contribution in [3.63, 3.8) is 0 Å². The van der Waals surface area contributed by atoms with E-state index in [1.807, 2.05) is 6.07 Å². The largest absolute Gasteiger partial charge is 0.465 e. The number of carbonyl (C=O) groups excluding carboxylic acids is 1. The van der Waals surface area contributed by atoms with Gasteiger partial charge in [-0.25, -0.2) is 4.79 Å². The number of carbonyl (C=O) groups is 2. The Balaban J connectivity index is 2.13. The van der Waals surface area contributed by atoms with Gasteiger partial charge in [0.2, 0.25) is 5.91 Å². The fourth-order valence-electron chi connectivity index (χ4n) is 1.57. The van der Waals surface area contributed by atoms with E-state index in [2.05, 4.69) is 10.6 Å². The van der Waals surface area contributed by atoms with Gasteiger partial charge in [-0.1, -0.05) is 12.1 Å². The Kier molecular flexibility index (Phi) is 2.29. The molecular formula is C10H10N2O3. The van der Waals surface area contributed by atoms with E-state index in [1.54, 1.807) is 12.1 Å². The van der Waals surface area contributed by atoms with Crippen LogP contribution >= 0.6 is 0 Å². The second-order valence-electron chi connectivity index (χ2n) is 3.38. The highest BCUT2D eigenvalue weighted by Crippen LogP contribution is 2.23. The third-order valence-electron chi connectivity index (χ3n) is 2.24. The molecule has 1 heterocycles. The van der Waals surface area contributed by atoms with E-state index in [9.17, 15) is 9.59 Å². The number of nitrogens with one attached hydrogen (secondary N) is 2. The molecule has 0 spiro atoms. The van der Waals surface area contributed by atoms with Crippen molar-refractivity contribution in [3.05, 3.63) is 29.3 Å². The average molecular weight is 206 g/mol. The van der Waals surface area contributed by atoms with Gasteiger partial charge in [0.15, 0.2) is 0 Å². The lowest BCUT2D eigenvalue weighted by molar-refractivity contribution is -0.115. The van der Waals surface area contributed by atoms with Gasteiger partial charge >= 0.3 is 6.09 Å². The van der Waals surface area contributed by atoms with Crippen molar-refractivity contribution in [1.29, 1.82) is 0 Å². The number of carboxylic acid groups (broad SMARTS) is 1. The van der Waals surface area contributed by atoms with Crippen LogP contribution in [0.3, 0.4) is 0 Å². The summed E-state index contributed by atoms with van der Waals surface area (Å²) in [5.41, 5.74) is 2.59. The summed E-state index contributed by atoms with van der Waals surface area (Å²) < 4.78 is 0. The van der Waals surface area contributed by atoms with Crippen LogP contribution in [0.15, 0.2) is 18.2 Å². The van der Waals surface area contributed by atoms with Gasteiger partial charge in [-0.2, -0.15) is 0 Å². The molecule has 1 aliphatic heterocycles. The number of fused-ring (bicyclic) bond motifs is 1. The van der Waals surface area contributed by atoms with Crippen LogP contribution in [0.2, 0.25) is 0 Å². The Morgan fingerprint density at radius 3 is 3.07 bits per heavy atom. The van der Waals surface area contributed by atoms with Gasteiger partial charge in [0.25, 0.3) is 0 Å². The highest BCUT2D eigenvalue weighted by atomic mass is 16.4. The predicted octanol–water partition coefficient (Wildman–Crippen LogP) is 0.949. The van der Waals surface area contributed by atoms with E-state index in [-0.39, 0.29) is 12.5 Å². The van der Waals surface area contributed by atoms with Crippen molar-refractivity contribution in [2.24, 2.45) is 0 Å². The maximum Gasteiger partial charge on any atom is 0.404 e. The van der Waals surface area contributed by atoms with Crippen LogP contribution in [0.25, 0.3) is 0 Å². The van der Waals surface area contributed by atoms with Crippen LogP contribution < -0.4 is 10.6 Å². The summed E-state index contributed by atoms with van der Waals surface area (Å²) in [7, 11) is 0. The molecule has 0 fully saturated rings. The van der Waals surface area contributed by atoms with E-state index in [1.165, 1.54) is 0 Å². The van der Waals surface area contributed by atoms with Gasteiger partial charge in [0.1, 0.15) is 0 Å². The molecule has 3 N–H and O–H groups in total. The zero-order valence-corrected chi connectivity index (χ0v) is 7.91. The first-order chi connectivity index (χ1) is 7.15. The lowest BCUT2D eigenvalue weighted by Gasteiger charge is -2.03. The standard InChI is InChI=1S/C10H10N2O3/c13-9-4-7-3-6(5-11-10(14)15)1-2-8(7)12-9/h1-3,11H,4-5H2,(H,12,13)(H,14,15). The van der Waals surface area contributed by atoms with Crippen molar-refractivity contribution < 1.29 is 14.7 Å². The smallest absolute Gasteiger partial charge is 0.404 e. The van der Waals surface area contributed by atoms with Crippen molar-refractivity contribution in [3.8, 4) is 0 Å². The summed E-state index contributed by atoms with van der Waals surface area (Å²) >= 11 is 0. The first kappa shape index (κ1) is 9.51. The Morgan fingerprint density at radius 2 is 2.33 bits per heavy atom. The summed E-state index contributed by atoms with van der Waals surface area (Å²) in [4.78, 5) is 21.3. The normalized spacial score (nSPS) is 13.2. The van der Waals surface area contributed by atoms with Crippen LogP contribution in [0.5, 0.6) is 0 Å². The molecule has 0 unspecified atom stereocenters. The Morgan fingerprint density at radius 1 is 1.53 bits per heavy atom. The molecule has 15 heavy (non-hydrogen) atoms. The highest BCUT2D eigenvalue weighted by molar-refractivity contribution is 5.99. The summed E-state index contributed by atoms with van der Waals surface area (Å²) in [6.45, 7) is 0.261. The minimum Gasteiger partial charge on any atom is -0.465 e. The molecule has 1 aromatic carbocycles. The van der Waals surface area contributed by atoms with Crippen LogP contribution in [-0.2, 0) is 17.8 Å². The first-order valence-corrected chi connectivity index (χ1v) is 4.53. The molecule has 0 saturated carbocycles. The fraction of sp³-hybridized carbons (Fsp3) is 0.200. The second-order valence-corrected chi connectivity index (χ2v) is 3.38. The summed E-state index contributed by atoms with van der Waals surface area (Å²) in [5, 5.41) is 13.4. The predicted molar refractivity (Wildman–Crippen MR) is 53.6 cm³/mol. The molecule has 2 amide bonds. The molecule has 1 aliphatic rings. The second kappa shape index (κ2) is 3.61. The quantitative estimate of drug-likeness (QED) is 0.674. The minimum absolute atomic E-state index is 0.0201. The Bertz CT molecular complexity index is 429. The van der Waals surface area contributed by atoms with Gasteiger partial charge in [-0.05, 0) is 17.2 Å². The molecule has 0 saturated heterocycles. The molecule has 1 aromatic rings. The van der Waals surface area contributed by atoms with Crippen LogP contribution in [0.1, 0.15) is 11.1 Å². The lowest BCUT2D eigenvalue weighted by atomic mass is 10.1. The molecule has 2 rings (SSSR count). The average Bonchev–Trinajstić information content (AvgIpc) is 2.53. The Labute approximate surface area is 86.1 Å². The highest BCUT2D eigenvalue weighted by Gasteiger charge is 2.17. The summed E-state index contributed by atoms with van der Waals surface area (Å²) in [6.07, 6.45) is -0.680. The van der Waals surface area contributed by atoms with Crippen molar-refractivity contribution in [2.75, 3.05) is 5.32 Å². The maximum atomic E-state index is 11.1. The van der Waals surface area contributed by atoms with E-state index in [0.29, 0.717) is 6.42 Å². The van der Waals surface area contributed by atoms with Crippen LogP contribution in [-0.4, -0.2) is 17.1 Å². The fourth-order valence-corrected chi connectivity index (χ4v) is 1.57. The maximum absolute atomic E-state index is 11.1. The molecule has 0 aromatic heterocycles. The number of amides is 2. The minimum atomic E-state index is -1.05. The molecule has 5 heteroatoms. The molecule has 0 aliphatic carbocycles. The van der Waals surface area contributed by atoms with Gasteiger partial charge in [-0.3, -0.25) is 4.79 Å². The number of hydrogen-bond acceptors (Lipinski definition) is 2. The molecular weight excluding hydrogens is 196 g/mol. The Hall–Kier alpha value is -2.04. The van der Waals surface area contributed by atoms with E-state index >= 15 is 0 Å². The van der Waals surface area contributed by atoms with Gasteiger partial charge in [0, 0.05) is 12.2 Å². The van der Waals surface area contributed by atoms with E-state index < -0.39 is 6.09 Å². The van der Waals surface area contributed by atoms with Gasteiger partial charge in [0.05, 0.1) is 6.42 Å². The van der Waals surface area contributed by atoms with E-state index in [4.69, 9.17) is 5.11 Å². The van der Waals surface area contributed by atoms with Crippen molar-refractivity contribution in [2.45, 2.75) is 13.0 Å². The SMILES string of the molecule is O=C(O)NCc1ccc2c(c1)CC(=O)N2. The van der Waals surface area contributed by atoms with Crippen LogP contribution in [0.4, 0.5) is 10.5 Å². The third kappa shape index (κ3) is 2.07. The van der Waals surface area contributed by atoms with Gasteiger partial charge in [-0.15, -0.1) is 0 Å². The first-order valence-electron chi connectivity index (χ1n) is 4.53. The number of hydrogen-bond donors (Lipinski definition) is 3. The molecule has 5 nitrogen and oxygen atoms in total. The topological polar surface area (TPSA) is 78.4 Å². The third-order valence-corrected chi connectivity index (χ3v) is 2.24. The van der Waals surface area contributed by atoms with E-state index in [0.717, 1.165) is 16.8 Å². The number of anilines is 1. The van der Waals surface area contributed by atoms with Crippen molar-refractivity contribution in [1.82, 2.24) is 5.32 Å². The zero-order chi connectivity index (χ0) is 10.8. The van der Waals surface area contributed by atoms with Gasteiger partial charge < -0.3 is 15.7 Å². The molecule has 0 atom stereocenters.